The zero-order valence-corrected chi connectivity index (χ0v) is 24.7. The van der Waals surface area contributed by atoms with E-state index in [0.29, 0.717) is 12.8 Å². The molecule has 3 amide bonds. The molecular formula is C32H43N5O5. The molecule has 0 aliphatic carbocycles. The van der Waals surface area contributed by atoms with E-state index in [1.165, 1.54) is 0 Å². The van der Waals surface area contributed by atoms with Gasteiger partial charge in [0, 0.05) is 23.5 Å². The molecule has 0 saturated carbocycles. The van der Waals surface area contributed by atoms with Crippen molar-refractivity contribution in [3.8, 4) is 0 Å². The molecule has 3 rings (SSSR count). The van der Waals surface area contributed by atoms with Gasteiger partial charge in [-0.3, -0.25) is 14.4 Å². The quantitative estimate of drug-likeness (QED) is 0.162. The maximum Gasteiger partial charge on any atom is 0.326 e. The Bertz CT molecular complexity index is 1360. The predicted octanol–water partition coefficient (Wildman–Crippen LogP) is 2.91. The lowest BCUT2D eigenvalue weighted by atomic mass is 9.96. The fraction of sp³-hybridized carbons (Fsp3) is 0.438. The van der Waals surface area contributed by atoms with Crippen LogP contribution in [0.3, 0.4) is 0 Å². The van der Waals surface area contributed by atoms with Gasteiger partial charge < -0.3 is 31.8 Å². The number of aliphatic carboxylic acids is 1. The molecule has 0 radical (unpaired) electrons. The number of benzene rings is 2. The van der Waals surface area contributed by atoms with Crippen molar-refractivity contribution in [3.05, 3.63) is 71.9 Å². The summed E-state index contributed by atoms with van der Waals surface area (Å²) in [4.78, 5) is 55.1. The average molecular weight is 578 g/mol. The van der Waals surface area contributed by atoms with E-state index >= 15 is 0 Å². The molecule has 10 heteroatoms. The summed E-state index contributed by atoms with van der Waals surface area (Å²) in [5.74, 6) is -2.99. The van der Waals surface area contributed by atoms with Crippen molar-refractivity contribution in [2.75, 3.05) is 0 Å². The number of amides is 3. The third-order valence-electron chi connectivity index (χ3n) is 7.48. The highest BCUT2D eigenvalue weighted by Crippen LogP contribution is 2.19. The summed E-state index contributed by atoms with van der Waals surface area (Å²) < 4.78 is 0. The van der Waals surface area contributed by atoms with Crippen molar-refractivity contribution in [3.63, 3.8) is 0 Å². The number of para-hydroxylation sites is 1. The monoisotopic (exact) mass is 577 g/mol. The largest absolute Gasteiger partial charge is 0.480 e. The van der Waals surface area contributed by atoms with Crippen molar-refractivity contribution in [1.29, 1.82) is 0 Å². The number of carboxylic acid groups (broad SMARTS) is 1. The van der Waals surface area contributed by atoms with Crippen LogP contribution in [0.1, 0.15) is 51.7 Å². The Morgan fingerprint density at radius 3 is 2.12 bits per heavy atom. The molecule has 5 unspecified atom stereocenters. The Kier molecular flexibility index (Phi) is 11.7. The van der Waals surface area contributed by atoms with Crippen molar-refractivity contribution in [1.82, 2.24) is 20.9 Å². The van der Waals surface area contributed by atoms with Gasteiger partial charge >= 0.3 is 5.97 Å². The molecule has 0 spiro atoms. The van der Waals surface area contributed by atoms with Crippen molar-refractivity contribution >= 4 is 34.6 Å². The van der Waals surface area contributed by atoms with Gasteiger partial charge in [-0.05, 0) is 41.9 Å². The van der Waals surface area contributed by atoms with Crippen LogP contribution in [0, 0.1) is 11.8 Å². The summed E-state index contributed by atoms with van der Waals surface area (Å²) in [5, 5.41) is 18.9. The van der Waals surface area contributed by atoms with E-state index in [1.54, 1.807) is 24.3 Å². The van der Waals surface area contributed by atoms with Crippen molar-refractivity contribution in [2.24, 2.45) is 17.6 Å². The van der Waals surface area contributed by atoms with E-state index in [1.807, 2.05) is 64.2 Å². The van der Waals surface area contributed by atoms with Gasteiger partial charge in [0.05, 0.1) is 6.04 Å². The molecule has 2 aromatic carbocycles. The van der Waals surface area contributed by atoms with Crippen LogP contribution in [-0.2, 0) is 32.0 Å². The molecule has 0 fully saturated rings. The van der Waals surface area contributed by atoms with E-state index in [0.717, 1.165) is 22.0 Å². The van der Waals surface area contributed by atoms with Crippen LogP contribution < -0.4 is 21.7 Å². The minimum Gasteiger partial charge on any atom is -0.480 e. The van der Waals surface area contributed by atoms with Crippen LogP contribution in [0.25, 0.3) is 10.9 Å². The lowest BCUT2D eigenvalue weighted by molar-refractivity contribution is -0.142. The van der Waals surface area contributed by atoms with E-state index < -0.39 is 47.9 Å². The first-order valence-corrected chi connectivity index (χ1v) is 14.5. The zero-order valence-electron chi connectivity index (χ0n) is 24.7. The molecule has 0 bridgehead atoms. The third kappa shape index (κ3) is 8.91. The van der Waals surface area contributed by atoms with E-state index in [4.69, 9.17) is 5.73 Å². The molecule has 7 N–H and O–H groups in total. The lowest BCUT2D eigenvalue weighted by Gasteiger charge is -2.28. The highest BCUT2D eigenvalue weighted by atomic mass is 16.4. The second-order valence-corrected chi connectivity index (χ2v) is 11.3. The van der Waals surface area contributed by atoms with Crippen LogP contribution >= 0.6 is 0 Å². The minimum absolute atomic E-state index is 0.0593. The van der Waals surface area contributed by atoms with Crippen LogP contribution in [0.5, 0.6) is 0 Å². The maximum absolute atomic E-state index is 13.5. The molecule has 1 aromatic heterocycles. The number of hydrogen-bond acceptors (Lipinski definition) is 5. The fourth-order valence-electron chi connectivity index (χ4n) is 4.88. The first-order valence-electron chi connectivity index (χ1n) is 14.5. The molecule has 10 nitrogen and oxygen atoms in total. The third-order valence-corrected chi connectivity index (χ3v) is 7.48. The van der Waals surface area contributed by atoms with Gasteiger partial charge in [0.25, 0.3) is 0 Å². The van der Waals surface area contributed by atoms with Gasteiger partial charge in [0.2, 0.25) is 17.7 Å². The van der Waals surface area contributed by atoms with Gasteiger partial charge in [0.1, 0.15) is 18.1 Å². The minimum atomic E-state index is -1.17. The molecule has 42 heavy (non-hydrogen) atoms. The number of H-pyrrole nitrogens is 1. The van der Waals surface area contributed by atoms with Crippen molar-refractivity contribution in [2.45, 2.75) is 77.5 Å². The number of fused-ring (bicyclic) bond motifs is 1. The summed E-state index contributed by atoms with van der Waals surface area (Å²) in [5.41, 5.74) is 8.87. The first kappa shape index (κ1) is 32.3. The van der Waals surface area contributed by atoms with E-state index in [2.05, 4.69) is 20.9 Å². The van der Waals surface area contributed by atoms with Gasteiger partial charge in [-0.25, -0.2) is 4.79 Å². The average Bonchev–Trinajstić information content (AvgIpc) is 3.37. The Morgan fingerprint density at radius 2 is 1.48 bits per heavy atom. The summed E-state index contributed by atoms with van der Waals surface area (Å²) in [7, 11) is 0. The summed E-state index contributed by atoms with van der Waals surface area (Å²) in [6.07, 6.45) is 3.10. The number of hydrogen-bond donors (Lipinski definition) is 6. The molecule has 0 aliphatic rings. The number of aromatic amines is 1. The number of carboxylic acids is 1. The number of aromatic nitrogens is 1. The predicted molar refractivity (Wildman–Crippen MR) is 162 cm³/mol. The molecule has 1 heterocycles. The van der Waals surface area contributed by atoms with Gasteiger partial charge in [-0.1, -0.05) is 82.6 Å². The smallest absolute Gasteiger partial charge is 0.326 e. The van der Waals surface area contributed by atoms with E-state index in [-0.39, 0.29) is 24.7 Å². The second-order valence-electron chi connectivity index (χ2n) is 11.3. The van der Waals surface area contributed by atoms with Crippen molar-refractivity contribution < 1.29 is 24.3 Å². The van der Waals surface area contributed by atoms with Gasteiger partial charge in [-0.15, -0.1) is 0 Å². The molecule has 0 saturated heterocycles. The zero-order chi connectivity index (χ0) is 30.8. The molecular weight excluding hydrogens is 534 g/mol. The number of rotatable bonds is 15. The van der Waals surface area contributed by atoms with Crippen LogP contribution in [0.4, 0.5) is 0 Å². The SMILES string of the molecule is CCC(C)C(NC(=O)C(CC(C)C)NC(=O)C(N)Cc1c[nH]c2ccccc12)C(=O)NC(Cc1ccccc1)C(=O)O. The lowest BCUT2D eigenvalue weighted by Crippen LogP contribution is -2.59. The van der Waals surface area contributed by atoms with Crippen LogP contribution in [0.2, 0.25) is 0 Å². The normalized spacial score (nSPS) is 14.9. The van der Waals surface area contributed by atoms with Crippen LogP contribution in [0.15, 0.2) is 60.8 Å². The number of carbonyl (C=O) groups is 4. The highest BCUT2D eigenvalue weighted by Gasteiger charge is 2.33. The van der Waals surface area contributed by atoms with E-state index in [9.17, 15) is 24.3 Å². The summed E-state index contributed by atoms with van der Waals surface area (Å²) in [6, 6.07) is 12.8. The number of carbonyl (C=O) groups excluding carboxylic acids is 3. The maximum atomic E-state index is 13.5. The molecule has 0 aliphatic heterocycles. The van der Waals surface area contributed by atoms with Crippen LogP contribution in [-0.4, -0.2) is 57.9 Å². The second kappa shape index (κ2) is 15.2. The Labute approximate surface area is 246 Å². The topological polar surface area (TPSA) is 166 Å². The van der Waals surface area contributed by atoms with Gasteiger partial charge in [-0.2, -0.15) is 0 Å². The number of nitrogens with one attached hydrogen (secondary N) is 4. The summed E-state index contributed by atoms with van der Waals surface area (Å²) in [6.45, 7) is 7.55. The Hall–Kier alpha value is -4.18. The Balaban J connectivity index is 1.70. The molecule has 5 atom stereocenters. The first-order chi connectivity index (χ1) is 20.0. The standard InChI is InChI=1S/C32H43N5O5/c1-5-20(4)28(31(40)36-27(32(41)42)16-21-11-7-6-8-12-21)37-30(39)26(15-19(2)3)35-29(38)24(33)17-22-18-34-25-14-10-9-13-23(22)25/h6-14,18-20,24,26-28,34H,5,15-17,33H2,1-4H3,(H,35,38)(H,36,40)(H,37,39)(H,41,42). The number of nitrogens with two attached hydrogens (primary N) is 1. The molecule has 3 aromatic rings. The highest BCUT2D eigenvalue weighted by molar-refractivity contribution is 5.94. The van der Waals surface area contributed by atoms with Gasteiger partial charge in [0.15, 0.2) is 0 Å². The molecule has 226 valence electrons. The fourth-order valence-corrected chi connectivity index (χ4v) is 4.88. The summed E-state index contributed by atoms with van der Waals surface area (Å²) >= 11 is 0. The Morgan fingerprint density at radius 1 is 0.833 bits per heavy atom.